The molecule has 0 aromatic carbocycles. The van der Waals surface area contributed by atoms with Crippen LogP contribution in [0.25, 0.3) is 0 Å². The first-order valence-corrected chi connectivity index (χ1v) is 5.63. The summed E-state index contributed by atoms with van der Waals surface area (Å²) in [6, 6.07) is 7.40. The zero-order valence-corrected chi connectivity index (χ0v) is 9.66. The Balaban J connectivity index is 2.08. The fourth-order valence-corrected chi connectivity index (χ4v) is 1.81. The molecule has 0 fully saturated rings. The Morgan fingerprint density at radius 3 is 2.94 bits per heavy atom. The molecule has 0 amide bonds. The van der Waals surface area contributed by atoms with Gasteiger partial charge in [-0.15, -0.1) is 11.3 Å². The molecule has 2 heterocycles. The lowest BCUT2D eigenvalue weighted by atomic mass is 10.4. The molecule has 2 aromatic rings. The van der Waals surface area contributed by atoms with Gasteiger partial charge in [0.15, 0.2) is 0 Å². The van der Waals surface area contributed by atoms with E-state index in [1.807, 2.05) is 17.5 Å². The number of methoxy groups -OCH3 is 1. The van der Waals surface area contributed by atoms with Gasteiger partial charge in [0.05, 0.1) is 12.8 Å². The molecule has 84 valence electrons. The number of hydrogen-bond acceptors (Lipinski definition) is 5. The molecule has 0 aliphatic rings. The van der Waals surface area contributed by atoms with E-state index in [-0.39, 0.29) is 0 Å². The lowest BCUT2D eigenvalue weighted by molar-refractivity contribution is 0.292. The summed E-state index contributed by atoms with van der Waals surface area (Å²) >= 11 is 1.63. The molecular weight excluding hydrogens is 224 g/mol. The highest BCUT2D eigenvalue weighted by atomic mass is 32.1. The van der Waals surface area contributed by atoms with E-state index in [1.54, 1.807) is 30.6 Å². The van der Waals surface area contributed by atoms with Crippen LogP contribution in [0.4, 0.5) is 5.69 Å². The minimum absolute atomic E-state index is 0.410. The van der Waals surface area contributed by atoms with E-state index in [1.165, 1.54) is 0 Å². The largest absolute Gasteiger partial charge is 0.481 e. The van der Waals surface area contributed by atoms with Crippen molar-refractivity contribution in [3.63, 3.8) is 0 Å². The zero-order chi connectivity index (χ0) is 11.4. The monoisotopic (exact) mass is 236 g/mol. The molecule has 5 heteroatoms. The van der Waals surface area contributed by atoms with Gasteiger partial charge in [0, 0.05) is 10.9 Å². The van der Waals surface area contributed by atoms with Crippen LogP contribution < -0.4 is 15.2 Å². The van der Waals surface area contributed by atoms with Crippen molar-refractivity contribution >= 4 is 17.0 Å². The second-order valence-corrected chi connectivity index (χ2v) is 4.15. The van der Waals surface area contributed by atoms with Crippen LogP contribution in [0.3, 0.4) is 0 Å². The second-order valence-electron chi connectivity index (χ2n) is 3.12. The van der Waals surface area contributed by atoms with Crippen LogP contribution in [-0.4, -0.2) is 12.1 Å². The van der Waals surface area contributed by atoms with Gasteiger partial charge in [0.1, 0.15) is 6.61 Å². The molecule has 0 atom stereocenters. The minimum atomic E-state index is 0.410. The quantitative estimate of drug-likeness (QED) is 0.885. The predicted molar refractivity (Wildman–Crippen MR) is 63.9 cm³/mol. The second kappa shape index (κ2) is 4.85. The van der Waals surface area contributed by atoms with Crippen molar-refractivity contribution in [2.75, 3.05) is 12.8 Å². The zero-order valence-electron chi connectivity index (χ0n) is 8.84. The van der Waals surface area contributed by atoms with Crippen LogP contribution in [0, 0.1) is 0 Å². The van der Waals surface area contributed by atoms with Gasteiger partial charge in [-0.05, 0) is 17.5 Å². The molecule has 0 saturated heterocycles. The van der Waals surface area contributed by atoms with Crippen LogP contribution in [0.1, 0.15) is 4.88 Å². The normalized spacial score (nSPS) is 10.1. The van der Waals surface area contributed by atoms with Gasteiger partial charge in [0.25, 0.3) is 0 Å². The Morgan fingerprint density at radius 2 is 2.25 bits per heavy atom. The van der Waals surface area contributed by atoms with E-state index in [0.717, 1.165) is 4.88 Å². The standard InChI is InChI=1S/C11H12N2O2S/c1-14-10-5-4-9(12)11(13-10)15-7-8-3-2-6-16-8/h2-6H,7,12H2,1H3. The predicted octanol–water partition coefficient (Wildman–Crippen LogP) is 2.31. The average Bonchev–Trinajstić information content (AvgIpc) is 2.81. The van der Waals surface area contributed by atoms with E-state index < -0.39 is 0 Å². The smallest absolute Gasteiger partial charge is 0.240 e. The molecule has 0 spiro atoms. The third-order valence-electron chi connectivity index (χ3n) is 2.00. The highest BCUT2D eigenvalue weighted by Gasteiger charge is 2.05. The summed E-state index contributed by atoms with van der Waals surface area (Å²) in [5.74, 6) is 0.906. The molecule has 0 aliphatic carbocycles. The number of thiophene rings is 1. The molecule has 0 aliphatic heterocycles. The highest BCUT2D eigenvalue weighted by Crippen LogP contribution is 2.23. The van der Waals surface area contributed by atoms with E-state index >= 15 is 0 Å². The summed E-state index contributed by atoms with van der Waals surface area (Å²) in [7, 11) is 1.56. The van der Waals surface area contributed by atoms with Crippen molar-refractivity contribution in [2.24, 2.45) is 0 Å². The number of pyridine rings is 1. The lowest BCUT2D eigenvalue weighted by Gasteiger charge is -2.07. The third kappa shape index (κ3) is 2.43. The number of nitrogens with two attached hydrogens (primary N) is 1. The van der Waals surface area contributed by atoms with Crippen molar-refractivity contribution in [3.8, 4) is 11.8 Å². The molecule has 16 heavy (non-hydrogen) atoms. The summed E-state index contributed by atoms with van der Waals surface area (Å²) in [5.41, 5.74) is 6.26. The first-order chi connectivity index (χ1) is 7.79. The molecule has 2 aromatic heterocycles. The molecule has 2 rings (SSSR count). The van der Waals surface area contributed by atoms with Crippen LogP contribution in [0.5, 0.6) is 11.8 Å². The van der Waals surface area contributed by atoms with Gasteiger partial charge in [0.2, 0.25) is 11.8 Å². The van der Waals surface area contributed by atoms with Crippen molar-refractivity contribution < 1.29 is 9.47 Å². The van der Waals surface area contributed by atoms with Crippen molar-refractivity contribution in [2.45, 2.75) is 6.61 Å². The molecular formula is C11H12N2O2S. The van der Waals surface area contributed by atoms with E-state index in [9.17, 15) is 0 Å². The van der Waals surface area contributed by atoms with Crippen molar-refractivity contribution in [1.29, 1.82) is 0 Å². The van der Waals surface area contributed by atoms with E-state index in [2.05, 4.69) is 4.98 Å². The SMILES string of the molecule is COc1ccc(N)c(OCc2cccs2)n1. The number of anilines is 1. The number of aromatic nitrogens is 1. The molecule has 0 saturated carbocycles. The Bertz CT molecular complexity index is 457. The number of hydrogen-bond donors (Lipinski definition) is 1. The van der Waals surface area contributed by atoms with E-state index in [4.69, 9.17) is 15.2 Å². The first-order valence-electron chi connectivity index (χ1n) is 4.75. The van der Waals surface area contributed by atoms with Crippen LogP contribution in [-0.2, 0) is 6.61 Å². The van der Waals surface area contributed by atoms with Crippen LogP contribution in [0.2, 0.25) is 0 Å². The molecule has 0 radical (unpaired) electrons. The topological polar surface area (TPSA) is 57.4 Å². The number of ether oxygens (including phenoxy) is 2. The Hall–Kier alpha value is -1.75. The van der Waals surface area contributed by atoms with E-state index in [0.29, 0.717) is 24.1 Å². The van der Waals surface area contributed by atoms with Gasteiger partial charge in [-0.3, -0.25) is 0 Å². The maximum Gasteiger partial charge on any atom is 0.240 e. The van der Waals surface area contributed by atoms with Gasteiger partial charge in [-0.25, -0.2) is 0 Å². The van der Waals surface area contributed by atoms with Crippen molar-refractivity contribution in [3.05, 3.63) is 34.5 Å². The summed E-state index contributed by atoms with van der Waals surface area (Å²) < 4.78 is 10.5. The van der Waals surface area contributed by atoms with Gasteiger partial charge in [-0.2, -0.15) is 4.98 Å². The van der Waals surface area contributed by atoms with Gasteiger partial charge in [-0.1, -0.05) is 6.07 Å². The Morgan fingerprint density at radius 1 is 1.38 bits per heavy atom. The number of rotatable bonds is 4. The van der Waals surface area contributed by atoms with Crippen LogP contribution >= 0.6 is 11.3 Å². The third-order valence-corrected chi connectivity index (χ3v) is 2.85. The Labute approximate surface area is 97.6 Å². The molecule has 0 unspecified atom stereocenters. The van der Waals surface area contributed by atoms with Crippen molar-refractivity contribution in [1.82, 2.24) is 4.98 Å². The summed E-state index contributed by atoms with van der Waals surface area (Å²) in [5, 5.41) is 2.00. The van der Waals surface area contributed by atoms with Gasteiger partial charge >= 0.3 is 0 Å². The lowest BCUT2D eigenvalue weighted by Crippen LogP contribution is -2.00. The van der Waals surface area contributed by atoms with Crippen LogP contribution in [0.15, 0.2) is 29.6 Å². The fourth-order valence-electron chi connectivity index (χ4n) is 1.20. The maximum atomic E-state index is 5.74. The number of nitrogen functional groups attached to an aromatic ring is 1. The summed E-state index contributed by atoms with van der Waals surface area (Å²) in [4.78, 5) is 5.25. The molecule has 4 nitrogen and oxygen atoms in total. The fraction of sp³-hybridized carbons (Fsp3) is 0.182. The summed E-state index contributed by atoms with van der Waals surface area (Å²) in [6.07, 6.45) is 0. The molecule has 2 N–H and O–H groups in total. The highest BCUT2D eigenvalue weighted by molar-refractivity contribution is 7.09. The molecule has 0 bridgehead atoms. The average molecular weight is 236 g/mol. The first kappa shape index (κ1) is 10.8. The maximum absolute atomic E-state index is 5.74. The van der Waals surface area contributed by atoms with Gasteiger partial charge < -0.3 is 15.2 Å². The Kier molecular flexibility index (Phi) is 3.26. The minimum Gasteiger partial charge on any atom is -0.481 e. The summed E-state index contributed by atoms with van der Waals surface area (Å²) in [6.45, 7) is 0.474. The number of nitrogens with zero attached hydrogens (tertiary/aromatic N) is 1.